The fraction of sp³-hybridized carbons (Fsp3) is 0.160. The first-order chi connectivity index (χ1) is 15.8. The molecule has 0 bridgehead atoms. The molecule has 2 amide bonds. The van der Waals surface area contributed by atoms with Crippen molar-refractivity contribution in [3.8, 4) is 11.4 Å². The van der Waals surface area contributed by atoms with E-state index in [2.05, 4.69) is 9.88 Å². The molecule has 1 aliphatic rings. The molecule has 6 nitrogen and oxygen atoms in total. The quantitative estimate of drug-likeness (QED) is 0.318. The summed E-state index contributed by atoms with van der Waals surface area (Å²) in [4.78, 5) is 27.2. The second-order valence-electron chi connectivity index (χ2n) is 7.52. The zero-order valence-electron chi connectivity index (χ0n) is 18.4. The highest BCUT2D eigenvalue weighted by molar-refractivity contribution is 7.80. The van der Waals surface area contributed by atoms with Crippen molar-refractivity contribution >= 4 is 52.5 Å². The molecule has 8 heteroatoms. The van der Waals surface area contributed by atoms with Gasteiger partial charge in [0.2, 0.25) is 0 Å². The van der Waals surface area contributed by atoms with E-state index in [1.807, 2.05) is 51.1 Å². The number of nitrogens with one attached hydrogen (secondary N) is 1. The van der Waals surface area contributed by atoms with Crippen LogP contribution in [0.3, 0.4) is 0 Å². The Kier molecular flexibility index (Phi) is 6.35. The van der Waals surface area contributed by atoms with Crippen molar-refractivity contribution in [1.29, 1.82) is 0 Å². The van der Waals surface area contributed by atoms with E-state index in [0.717, 1.165) is 28.4 Å². The lowest BCUT2D eigenvalue weighted by atomic mass is 10.1. The smallest absolute Gasteiger partial charge is 0.270 e. The van der Waals surface area contributed by atoms with Crippen molar-refractivity contribution in [3.63, 3.8) is 0 Å². The summed E-state index contributed by atoms with van der Waals surface area (Å²) in [6.45, 7) is 6.47. The average molecular weight is 480 g/mol. The Labute approximate surface area is 202 Å². The van der Waals surface area contributed by atoms with Crippen molar-refractivity contribution in [1.82, 2.24) is 9.88 Å². The first kappa shape index (κ1) is 22.8. The minimum Gasteiger partial charge on any atom is -0.494 e. The molecule has 168 valence electrons. The zero-order chi connectivity index (χ0) is 23.7. The SMILES string of the molecule is CCOc1ccc(-n2c(C)cc(/C=C3\C(=O)NC(=S)N(c4ccc(Cl)cc4)C3=O)c2C)cc1. The number of hydrogen-bond acceptors (Lipinski definition) is 4. The van der Waals surface area contributed by atoms with Gasteiger partial charge in [-0.15, -0.1) is 0 Å². The summed E-state index contributed by atoms with van der Waals surface area (Å²) in [5, 5.41) is 3.18. The molecule has 0 aliphatic carbocycles. The molecule has 0 unspecified atom stereocenters. The van der Waals surface area contributed by atoms with Crippen molar-refractivity contribution in [3.05, 3.63) is 82.1 Å². The fourth-order valence-corrected chi connectivity index (χ4v) is 4.23. The molecule has 0 radical (unpaired) electrons. The molecule has 0 saturated carbocycles. The van der Waals surface area contributed by atoms with Gasteiger partial charge in [0, 0.05) is 22.1 Å². The number of carbonyl (C=O) groups excluding carboxylic acids is 2. The molecule has 33 heavy (non-hydrogen) atoms. The Bertz CT molecular complexity index is 1280. The summed E-state index contributed by atoms with van der Waals surface area (Å²) in [5.74, 6) is -0.216. The Morgan fingerprint density at radius 3 is 2.30 bits per heavy atom. The van der Waals surface area contributed by atoms with Gasteiger partial charge in [0.25, 0.3) is 11.8 Å². The van der Waals surface area contributed by atoms with E-state index in [1.54, 1.807) is 30.3 Å². The maximum Gasteiger partial charge on any atom is 0.270 e. The lowest BCUT2D eigenvalue weighted by molar-refractivity contribution is -0.122. The number of thiocarbonyl (C=S) groups is 1. The molecule has 1 fully saturated rings. The third kappa shape index (κ3) is 4.42. The molecule has 0 spiro atoms. The molecule has 1 aromatic heterocycles. The Morgan fingerprint density at radius 2 is 1.67 bits per heavy atom. The minimum atomic E-state index is -0.527. The Balaban J connectivity index is 1.71. The summed E-state index contributed by atoms with van der Waals surface area (Å²) in [5.41, 5.74) is 4.13. The molecular formula is C25H22ClN3O3S. The van der Waals surface area contributed by atoms with Crippen molar-refractivity contribution in [2.75, 3.05) is 11.5 Å². The number of aryl methyl sites for hydroxylation is 1. The standard InChI is InChI=1S/C25H22ClN3O3S/c1-4-32-21-11-9-19(10-12-21)28-15(2)13-17(16(28)3)14-22-23(30)27-25(33)29(24(22)31)20-7-5-18(26)6-8-20/h5-14H,4H2,1-3H3,(H,27,30,33)/b22-14+. The van der Waals surface area contributed by atoms with E-state index < -0.39 is 11.8 Å². The number of carbonyl (C=O) groups is 2. The number of halogens is 1. The van der Waals surface area contributed by atoms with Gasteiger partial charge in [-0.25, -0.2) is 0 Å². The maximum atomic E-state index is 13.3. The molecule has 2 heterocycles. The van der Waals surface area contributed by atoms with Crippen LogP contribution in [0.25, 0.3) is 11.8 Å². The van der Waals surface area contributed by atoms with Crippen LogP contribution in [0.5, 0.6) is 5.75 Å². The van der Waals surface area contributed by atoms with Gasteiger partial charge < -0.3 is 9.30 Å². The summed E-state index contributed by atoms with van der Waals surface area (Å²) >= 11 is 11.2. The molecule has 3 aromatic rings. The van der Waals surface area contributed by atoms with Gasteiger partial charge in [0.05, 0.1) is 12.3 Å². The summed E-state index contributed by atoms with van der Waals surface area (Å²) in [7, 11) is 0. The number of anilines is 1. The third-order valence-corrected chi connectivity index (χ3v) is 5.90. The largest absolute Gasteiger partial charge is 0.494 e. The van der Waals surface area contributed by atoms with E-state index in [-0.39, 0.29) is 10.7 Å². The first-order valence-electron chi connectivity index (χ1n) is 10.4. The number of nitrogens with zero attached hydrogens (tertiary/aromatic N) is 2. The molecule has 4 rings (SSSR count). The highest BCUT2D eigenvalue weighted by Crippen LogP contribution is 2.27. The lowest BCUT2D eigenvalue weighted by Gasteiger charge is -2.28. The van der Waals surface area contributed by atoms with Crippen LogP contribution in [0.4, 0.5) is 5.69 Å². The molecule has 0 atom stereocenters. The Hall–Kier alpha value is -3.42. The number of benzene rings is 2. The molecular weight excluding hydrogens is 458 g/mol. The molecule has 2 aromatic carbocycles. The van der Waals surface area contributed by atoms with E-state index in [0.29, 0.717) is 17.3 Å². The highest BCUT2D eigenvalue weighted by Gasteiger charge is 2.34. The molecule has 1 aliphatic heterocycles. The van der Waals surface area contributed by atoms with E-state index in [4.69, 9.17) is 28.6 Å². The van der Waals surface area contributed by atoms with E-state index >= 15 is 0 Å². The Morgan fingerprint density at radius 1 is 1.03 bits per heavy atom. The van der Waals surface area contributed by atoms with Crippen LogP contribution in [0.1, 0.15) is 23.9 Å². The predicted molar refractivity (Wildman–Crippen MR) is 134 cm³/mol. The monoisotopic (exact) mass is 479 g/mol. The average Bonchev–Trinajstić information content (AvgIpc) is 3.06. The van der Waals surface area contributed by atoms with Crippen LogP contribution >= 0.6 is 23.8 Å². The van der Waals surface area contributed by atoms with Crippen LogP contribution in [0.15, 0.2) is 60.2 Å². The fourth-order valence-electron chi connectivity index (χ4n) is 3.83. The summed E-state index contributed by atoms with van der Waals surface area (Å²) in [6.07, 6.45) is 1.61. The second-order valence-corrected chi connectivity index (χ2v) is 8.35. The zero-order valence-corrected chi connectivity index (χ0v) is 20.0. The van der Waals surface area contributed by atoms with Gasteiger partial charge >= 0.3 is 0 Å². The summed E-state index contributed by atoms with van der Waals surface area (Å²) in [6, 6.07) is 16.4. The third-order valence-electron chi connectivity index (χ3n) is 5.36. The number of amides is 2. The topological polar surface area (TPSA) is 63.6 Å². The number of ether oxygens (including phenoxy) is 1. The van der Waals surface area contributed by atoms with Crippen molar-refractivity contribution in [2.45, 2.75) is 20.8 Å². The predicted octanol–water partition coefficient (Wildman–Crippen LogP) is 4.98. The van der Waals surface area contributed by atoms with Crippen LogP contribution in [0.2, 0.25) is 5.02 Å². The summed E-state index contributed by atoms with van der Waals surface area (Å²) < 4.78 is 7.59. The van der Waals surface area contributed by atoms with Crippen LogP contribution in [-0.4, -0.2) is 28.1 Å². The van der Waals surface area contributed by atoms with Crippen LogP contribution in [-0.2, 0) is 9.59 Å². The van der Waals surface area contributed by atoms with E-state index in [1.165, 1.54) is 4.90 Å². The van der Waals surface area contributed by atoms with Crippen molar-refractivity contribution in [2.24, 2.45) is 0 Å². The molecule has 1 saturated heterocycles. The number of rotatable bonds is 5. The number of hydrogen-bond donors (Lipinski definition) is 1. The van der Waals surface area contributed by atoms with Gasteiger partial charge in [-0.3, -0.25) is 19.8 Å². The van der Waals surface area contributed by atoms with Gasteiger partial charge in [-0.2, -0.15) is 0 Å². The molecule has 1 N–H and O–H groups in total. The van der Waals surface area contributed by atoms with Crippen molar-refractivity contribution < 1.29 is 14.3 Å². The minimum absolute atomic E-state index is 0.00509. The maximum absolute atomic E-state index is 13.3. The van der Waals surface area contributed by atoms with Crippen LogP contribution in [0, 0.1) is 13.8 Å². The van der Waals surface area contributed by atoms with E-state index in [9.17, 15) is 9.59 Å². The van der Waals surface area contributed by atoms with Crippen LogP contribution < -0.4 is 15.0 Å². The highest BCUT2D eigenvalue weighted by atomic mass is 35.5. The lowest BCUT2D eigenvalue weighted by Crippen LogP contribution is -2.54. The van der Waals surface area contributed by atoms with Gasteiger partial charge in [0.15, 0.2) is 5.11 Å². The first-order valence-corrected chi connectivity index (χ1v) is 11.2. The number of aromatic nitrogens is 1. The van der Waals surface area contributed by atoms with Gasteiger partial charge in [-0.05, 0) is 99.2 Å². The second kappa shape index (κ2) is 9.21. The van der Waals surface area contributed by atoms with Gasteiger partial charge in [0.1, 0.15) is 11.3 Å². The van der Waals surface area contributed by atoms with Gasteiger partial charge in [-0.1, -0.05) is 11.6 Å². The normalized spacial score (nSPS) is 15.2.